The lowest BCUT2D eigenvalue weighted by atomic mass is 10.1. The highest BCUT2D eigenvalue weighted by atomic mass is 16.5. The van der Waals surface area contributed by atoms with Gasteiger partial charge < -0.3 is 9.84 Å². The topological polar surface area (TPSA) is 63.6 Å². The third kappa shape index (κ3) is 26.6. The minimum atomic E-state index is -0.727. The first-order valence-electron chi connectivity index (χ1n) is 13.2. The Kier molecular flexibility index (Phi) is 23.9. The number of allylic oxidation sites excluding steroid dienone is 2. The molecule has 0 heterocycles. The summed E-state index contributed by atoms with van der Waals surface area (Å²) >= 11 is 0. The molecule has 0 aliphatic carbocycles. The predicted molar refractivity (Wildman–Crippen MR) is 130 cm³/mol. The van der Waals surface area contributed by atoms with Gasteiger partial charge in [-0.05, 0) is 44.9 Å². The Morgan fingerprint density at radius 1 is 0.613 bits per heavy atom. The van der Waals surface area contributed by atoms with Crippen molar-refractivity contribution >= 4 is 11.9 Å². The summed E-state index contributed by atoms with van der Waals surface area (Å²) < 4.78 is 5.29. The number of hydrogen-bond donors (Lipinski definition) is 1. The van der Waals surface area contributed by atoms with Gasteiger partial charge in [-0.2, -0.15) is 0 Å². The van der Waals surface area contributed by atoms with E-state index in [4.69, 9.17) is 9.84 Å². The van der Waals surface area contributed by atoms with E-state index in [1.54, 1.807) is 0 Å². The van der Waals surface area contributed by atoms with E-state index in [2.05, 4.69) is 19.1 Å². The molecular weight excluding hydrogens is 388 g/mol. The lowest BCUT2D eigenvalue weighted by Gasteiger charge is -2.05. The van der Waals surface area contributed by atoms with E-state index < -0.39 is 5.97 Å². The van der Waals surface area contributed by atoms with Crippen molar-refractivity contribution in [3.8, 4) is 0 Å². The zero-order chi connectivity index (χ0) is 22.8. The van der Waals surface area contributed by atoms with Gasteiger partial charge >= 0.3 is 11.9 Å². The number of aliphatic carboxylic acids is 1. The number of esters is 1. The van der Waals surface area contributed by atoms with Crippen molar-refractivity contribution in [1.29, 1.82) is 0 Å². The van der Waals surface area contributed by atoms with Gasteiger partial charge in [0.2, 0.25) is 0 Å². The zero-order valence-corrected chi connectivity index (χ0v) is 20.4. The Morgan fingerprint density at radius 3 is 1.61 bits per heavy atom. The summed E-state index contributed by atoms with van der Waals surface area (Å²) in [5.74, 6) is -0.812. The second kappa shape index (κ2) is 24.9. The molecule has 0 spiro atoms. The maximum absolute atomic E-state index is 11.7. The normalized spacial score (nSPS) is 11.3. The van der Waals surface area contributed by atoms with Crippen LogP contribution in [-0.4, -0.2) is 23.7 Å². The fraction of sp³-hybridized carbons (Fsp3) is 0.852. The van der Waals surface area contributed by atoms with Crippen LogP contribution in [0.15, 0.2) is 12.2 Å². The Hall–Kier alpha value is -1.32. The number of carbonyl (C=O) groups excluding carboxylic acids is 1. The molecule has 0 radical (unpaired) electrons. The Labute approximate surface area is 192 Å². The second-order valence-electron chi connectivity index (χ2n) is 8.82. The fourth-order valence-electron chi connectivity index (χ4n) is 3.68. The first-order valence-corrected chi connectivity index (χ1v) is 13.2. The summed E-state index contributed by atoms with van der Waals surface area (Å²) in [5.41, 5.74) is 0. The first kappa shape index (κ1) is 29.7. The van der Waals surface area contributed by atoms with Gasteiger partial charge in [-0.3, -0.25) is 9.59 Å². The number of rotatable bonds is 24. The van der Waals surface area contributed by atoms with Crippen LogP contribution in [0.3, 0.4) is 0 Å². The number of carboxylic acid groups (broad SMARTS) is 1. The third-order valence-electron chi connectivity index (χ3n) is 5.69. The van der Waals surface area contributed by atoms with E-state index in [1.807, 2.05) is 0 Å². The van der Waals surface area contributed by atoms with Crippen molar-refractivity contribution in [1.82, 2.24) is 0 Å². The molecule has 4 heteroatoms. The lowest BCUT2D eigenvalue weighted by Crippen LogP contribution is -2.05. The molecule has 0 rings (SSSR count). The van der Waals surface area contributed by atoms with Crippen LogP contribution >= 0.6 is 0 Å². The van der Waals surface area contributed by atoms with Gasteiger partial charge in [0.05, 0.1) is 6.61 Å². The van der Waals surface area contributed by atoms with Crippen LogP contribution in [-0.2, 0) is 14.3 Å². The van der Waals surface area contributed by atoms with E-state index in [0.717, 1.165) is 44.9 Å². The molecule has 0 aromatic carbocycles. The molecular formula is C27H50O4. The molecule has 182 valence electrons. The summed E-state index contributed by atoms with van der Waals surface area (Å²) in [5, 5.41) is 8.57. The van der Waals surface area contributed by atoms with Crippen molar-refractivity contribution in [2.45, 2.75) is 142 Å². The molecule has 0 bridgehead atoms. The van der Waals surface area contributed by atoms with Crippen LogP contribution in [0, 0.1) is 0 Å². The van der Waals surface area contributed by atoms with E-state index in [9.17, 15) is 9.59 Å². The highest BCUT2D eigenvalue weighted by Crippen LogP contribution is 2.11. The van der Waals surface area contributed by atoms with E-state index in [1.165, 1.54) is 77.0 Å². The summed E-state index contributed by atoms with van der Waals surface area (Å²) in [6.07, 6.45) is 27.9. The third-order valence-corrected chi connectivity index (χ3v) is 5.69. The molecule has 0 saturated carbocycles. The maximum Gasteiger partial charge on any atom is 0.305 e. The molecule has 0 unspecified atom stereocenters. The largest absolute Gasteiger partial charge is 0.481 e. The highest BCUT2D eigenvalue weighted by molar-refractivity contribution is 5.69. The SMILES string of the molecule is CCCCCCCC/C=C\CCCCCCCCOC(=O)CCCCCCCC(=O)O. The van der Waals surface area contributed by atoms with Gasteiger partial charge in [-0.25, -0.2) is 0 Å². The van der Waals surface area contributed by atoms with Gasteiger partial charge in [0.15, 0.2) is 0 Å². The second-order valence-corrected chi connectivity index (χ2v) is 8.82. The van der Waals surface area contributed by atoms with Gasteiger partial charge in [0.25, 0.3) is 0 Å². The summed E-state index contributed by atoms with van der Waals surface area (Å²) in [6, 6.07) is 0. The Balaban J connectivity index is 3.20. The van der Waals surface area contributed by atoms with Crippen LogP contribution in [0.4, 0.5) is 0 Å². The standard InChI is InChI=1S/C27H50O4/c1-2-3-4-5-6-7-8-9-10-11-12-13-14-15-19-22-25-31-27(30)24-21-18-16-17-20-23-26(28)29/h9-10H,2-8,11-25H2,1H3,(H,28,29)/b10-9-. The number of carboxylic acids is 1. The maximum atomic E-state index is 11.7. The number of ether oxygens (including phenoxy) is 1. The predicted octanol–water partition coefficient (Wildman–Crippen LogP) is 8.38. The molecule has 1 N–H and O–H groups in total. The quantitative estimate of drug-likeness (QED) is 0.0933. The highest BCUT2D eigenvalue weighted by Gasteiger charge is 2.03. The summed E-state index contributed by atoms with van der Waals surface area (Å²) in [7, 11) is 0. The molecule has 0 atom stereocenters. The van der Waals surface area contributed by atoms with E-state index in [-0.39, 0.29) is 12.4 Å². The van der Waals surface area contributed by atoms with E-state index in [0.29, 0.717) is 13.0 Å². The fourth-order valence-corrected chi connectivity index (χ4v) is 3.68. The molecule has 0 aromatic rings. The zero-order valence-electron chi connectivity index (χ0n) is 20.4. The van der Waals surface area contributed by atoms with Gasteiger partial charge in [0.1, 0.15) is 0 Å². The molecule has 0 fully saturated rings. The van der Waals surface area contributed by atoms with Crippen LogP contribution in [0.1, 0.15) is 142 Å². The average Bonchev–Trinajstić information content (AvgIpc) is 2.75. The van der Waals surface area contributed by atoms with Crippen molar-refractivity contribution in [3.05, 3.63) is 12.2 Å². The molecule has 0 aliphatic heterocycles. The number of unbranched alkanes of at least 4 members (excludes halogenated alkanes) is 16. The number of carbonyl (C=O) groups is 2. The van der Waals surface area contributed by atoms with E-state index >= 15 is 0 Å². The minimum Gasteiger partial charge on any atom is -0.481 e. The molecule has 0 amide bonds. The molecule has 31 heavy (non-hydrogen) atoms. The van der Waals surface area contributed by atoms with Crippen molar-refractivity contribution in [2.24, 2.45) is 0 Å². The van der Waals surface area contributed by atoms with Crippen LogP contribution in [0.5, 0.6) is 0 Å². The van der Waals surface area contributed by atoms with Crippen molar-refractivity contribution in [2.75, 3.05) is 6.61 Å². The van der Waals surface area contributed by atoms with Crippen molar-refractivity contribution < 1.29 is 19.4 Å². The molecule has 0 aromatic heterocycles. The smallest absolute Gasteiger partial charge is 0.305 e. The molecule has 0 saturated heterocycles. The Bertz CT molecular complexity index is 431. The summed E-state index contributed by atoms with van der Waals surface area (Å²) in [4.78, 5) is 22.1. The minimum absolute atomic E-state index is 0.0849. The number of hydrogen-bond acceptors (Lipinski definition) is 3. The lowest BCUT2D eigenvalue weighted by molar-refractivity contribution is -0.144. The Morgan fingerprint density at radius 2 is 1.06 bits per heavy atom. The van der Waals surface area contributed by atoms with Gasteiger partial charge in [-0.15, -0.1) is 0 Å². The van der Waals surface area contributed by atoms with Crippen LogP contribution in [0.2, 0.25) is 0 Å². The van der Waals surface area contributed by atoms with Crippen LogP contribution in [0.25, 0.3) is 0 Å². The molecule has 4 nitrogen and oxygen atoms in total. The van der Waals surface area contributed by atoms with Gasteiger partial charge in [0, 0.05) is 12.8 Å². The molecule has 0 aliphatic rings. The monoisotopic (exact) mass is 438 g/mol. The van der Waals surface area contributed by atoms with Crippen LogP contribution < -0.4 is 0 Å². The summed E-state index contributed by atoms with van der Waals surface area (Å²) in [6.45, 7) is 2.82. The average molecular weight is 439 g/mol. The van der Waals surface area contributed by atoms with Gasteiger partial charge in [-0.1, -0.05) is 96.1 Å². The first-order chi connectivity index (χ1) is 15.2. The van der Waals surface area contributed by atoms with Crippen molar-refractivity contribution in [3.63, 3.8) is 0 Å².